The average Bonchev–Trinajstić information content (AvgIpc) is 2.18. The van der Waals surface area contributed by atoms with Gasteiger partial charge in [-0.2, -0.15) is 0 Å². The van der Waals surface area contributed by atoms with Gasteiger partial charge in [0.2, 0.25) is 0 Å². The molecular weight excluding hydrogens is 202 g/mol. The summed E-state index contributed by atoms with van der Waals surface area (Å²) in [4.78, 5) is 10.4. The second-order valence-electron chi connectivity index (χ2n) is 3.69. The van der Waals surface area contributed by atoms with Gasteiger partial charge in [0.15, 0.2) is 0 Å². The van der Waals surface area contributed by atoms with Crippen LogP contribution in [0.5, 0.6) is 0 Å². The smallest absolute Gasteiger partial charge is 0.134 e. The van der Waals surface area contributed by atoms with Gasteiger partial charge in [-0.1, -0.05) is 11.6 Å². The quantitative estimate of drug-likeness (QED) is 0.653. The normalized spacial score (nSPS) is 29.9. The number of rotatable bonds is 1. The zero-order valence-corrected chi connectivity index (χ0v) is 8.31. The molecule has 2 bridgehead atoms. The molecule has 1 aromatic rings. The molecule has 2 aliphatic heterocycles. The van der Waals surface area contributed by atoms with Crippen LogP contribution in [0.25, 0.3) is 0 Å². The van der Waals surface area contributed by atoms with Crippen molar-refractivity contribution in [1.29, 1.82) is 0 Å². The van der Waals surface area contributed by atoms with Crippen LogP contribution >= 0.6 is 11.6 Å². The molecule has 0 aliphatic carbocycles. The van der Waals surface area contributed by atoms with Crippen LogP contribution in [-0.2, 0) is 4.74 Å². The number of halogens is 1. The van der Waals surface area contributed by atoms with E-state index in [0.717, 1.165) is 19.0 Å². The zero-order chi connectivity index (χ0) is 9.54. The highest BCUT2D eigenvalue weighted by atomic mass is 35.5. The van der Waals surface area contributed by atoms with E-state index >= 15 is 0 Å². The minimum absolute atomic E-state index is 0.486. The van der Waals surface area contributed by atoms with Crippen molar-refractivity contribution in [3.05, 3.63) is 17.5 Å². The topological polar surface area (TPSA) is 38.2 Å². The predicted molar refractivity (Wildman–Crippen MR) is 52.5 cm³/mol. The van der Waals surface area contributed by atoms with Crippen molar-refractivity contribution in [3.63, 3.8) is 0 Å². The molecule has 0 amide bonds. The molecule has 2 fully saturated rings. The molecule has 14 heavy (non-hydrogen) atoms. The van der Waals surface area contributed by atoms with Gasteiger partial charge in [0.25, 0.3) is 0 Å². The Labute approximate surface area is 86.9 Å². The van der Waals surface area contributed by atoms with Crippen molar-refractivity contribution in [2.45, 2.75) is 18.5 Å². The number of morpholine rings is 1. The Kier molecular flexibility index (Phi) is 1.85. The predicted octanol–water partition coefficient (Wildman–Crippen LogP) is 1.11. The van der Waals surface area contributed by atoms with Crippen LogP contribution in [0.1, 0.15) is 6.42 Å². The Morgan fingerprint density at radius 2 is 2.14 bits per heavy atom. The molecule has 2 unspecified atom stereocenters. The van der Waals surface area contributed by atoms with Gasteiger partial charge in [-0.05, 0) is 6.42 Å². The lowest BCUT2D eigenvalue weighted by atomic mass is 9.91. The van der Waals surface area contributed by atoms with Crippen molar-refractivity contribution < 1.29 is 4.74 Å². The number of hydrogen-bond acceptors (Lipinski definition) is 4. The molecule has 0 spiro atoms. The third-order valence-corrected chi connectivity index (χ3v) is 3.04. The van der Waals surface area contributed by atoms with E-state index in [1.807, 2.05) is 6.07 Å². The molecule has 2 aliphatic rings. The van der Waals surface area contributed by atoms with Gasteiger partial charge in [0.1, 0.15) is 17.3 Å². The lowest BCUT2D eigenvalue weighted by molar-refractivity contribution is 0.00968. The molecule has 0 aromatic carbocycles. The molecule has 0 N–H and O–H groups in total. The first-order valence-electron chi connectivity index (χ1n) is 4.68. The van der Waals surface area contributed by atoms with Crippen LogP contribution in [0.15, 0.2) is 12.4 Å². The summed E-state index contributed by atoms with van der Waals surface area (Å²) in [5, 5.41) is 0.501. The van der Waals surface area contributed by atoms with E-state index < -0.39 is 0 Å². The van der Waals surface area contributed by atoms with Gasteiger partial charge in [-0.25, -0.2) is 9.97 Å². The summed E-state index contributed by atoms with van der Waals surface area (Å²) >= 11 is 5.82. The number of aromatic nitrogens is 2. The van der Waals surface area contributed by atoms with Crippen LogP contribution < -0.4 is 4.90 Å². The van der Waals surface area contributed by atoms with Crippen LogP contribution in [0.3, 0.4) is 0 Å². The summed E-state index contributed by atoms with van der Waals surface area (Å²) in [6, 6.07) is 2.78. The van der Waals surface area contributed by atoms with Gasteiger partial charge in [-0.15, -0.1) is 0 Å². The maximum absolute atomic E-state index is 5.82. The maximum atomic E-state index is 5.82. The summed E-state index contributed by atoms with van der Waals surface area (Å²) in [5.41, 5.74) is 0. The van der Waals surface area contributed by atoms with Gasteiger partial charge in [-0.3, -0.25) is 0 Å². The summed E-state index contributed by atoms with van der Waals surface area (Å²) < 4.78 is 5.40. The van der Waals surface area contributed by atoms with Gasteiger partial charge in [0, 0.05) is 6.07 Å². The molecule has 2 saturated heterocycles. The monoisotopic (exact) mass is 211 g/mol. The molecule has 0 saturated carbocycles. The second kappa shape index (κ2) is 3.07. The average molecular weight is 212 g/mol. The van der Waals surface area contributed by atoms with E-state index in [0.29, 0.717) is 17.2 Å². The van der Waals surface area contributed by atoms with E-state index in [9.17, 15) is 0 Å². The Hall–Kier alpha value is -0.870. The molecule has 4 nitrogen and oxygen atoms in total. The van der Waals surface area contributed by atoms with Crippen LogP contribution in [0.4, 0.5) is 5.82 Å². The Bertz CT molecular complexity index is 346. The lowest BCUT2D eigenvalue weighted by Gasteiger charge is -2.52. The molecule has 3 rings (SSSR count). The van der Waals surface area contributed by atoms with E-state index in [-0.39, 0.29) is 0 Å². The first-order valence-corrected chi connectivity index (χ1v) is 5.06. The number of hydrogen-bond donors (Lipinski definition) is 0. The number of ether oxygens (including phenoxy) is 1. The van der Waals surface area contributed by atoms with Crippen molar-refractivity contribution in [2.75, 3.05) is 18.1 Å². The van der Waals surface area contributed by atoms with E-state index in [1.54, 1.807) is 0 Å². The highest BCUT2D eigenvalue weighted by Gasteiger charge is 2.42. The van der Waals surface area contributed by atoms with Crippen molar-refractivity contribution in [1.82, 2.24) is 9.97 Å². The third-order valence-electron chi connectivity index (χ3n) is 2.84. The Morgan fingerprint density at radius 3 is 2.79 bits per heavy atom. The molecular formula is C9H10ClN3O. The van der Waals surface area contributed by atoms with E-state index in [1.165, 1.54) is 12.7 Å². The fraction of sp³-hybridized carbons (Fsp3) is 0.556. The molecule has 74 valence electrons. The fourth-order valence-corrected chi connectivity index (χ4v) is 2.32. The summed E-state index contributed by atoms with van der Waals surface area (Å²) in [5.74, 6) is 0.926. The summed E-state index contributed by atoms with van der Waals surface area (Å²) in [6.07, 6.45) is 2.72. The number of nitrogens with zero attached hydrogens (tertiary/aromatic N) is 3. The van der Waals surface area contributed by atoms with Crippen molar-refractivity contribution >= 4 is 17.4 Å². The van der Waals surface area contributed by atoms with Gasteiger partial charge in [0.05, 0.1) is 25.3 Å². The van der Waals surface area contributed by atoms with Crippen molar-refractivity contribution in [2.24, 2.45) is 0 Å². The molecule has 3 heterocycles. The highest BCUT2D eigenvalue weighted by molar-refractivity contribution is 6.29. The fourth-order valence-electron chi connectivity index (χ4n) is 2.18. The van der Waals surface area contributed by atoms with Gasteiger partial charge >= 0.3 is 0 Å². The van der Waals surface area contributed by atoms with Gasteiger partial charge < -0.3 is 9.64 Å². The third kappa shape index (κ3) is 1.18. The van der Waals surface area contributed by atoms with Crippen LogP contribution in [0.2, 0.25) is 5.15 Å². The molecule has 1 aromatic heterocycles. The first kappa shape index (κ1) is 8.44. The number of anilines is 1. The Balaban J connectivity index is 1.89. The van der Waals surface area contributed by atoms with Crippen molar-refractivity contribution in [3.8, 4) is 0 Å². The van der Waals surface area contributed by atoms with Crippen LogP contribution in [-0.4, -0.2) is 35.3 Å². The maximum Gasteiger partial charge on any atom is 0.134 e. The summed E-state index contributed by atoms with van der Waals surface area (Å²) in [6.45, 7) is 1.61. The van der Waals surface area contributed by atoms with Crippen LogP contribution in [0, 0.1) is 0 Å². The minimum atomic E-state index is 0.486. The highest BCUT2D eigenvalue weighted by Crippen LogP contribution is 2.34. The first-order chi connectivity index (χ1) is 6.84. The SMILES string of the molecule is Clc1cc(N2C3COCC2C3)ncn1. The lowest BCUT2D eigenvalue weighted by Crippen LogP contribution is -2.64. The molecule has 2 atom stereocenters. The largest absolute Gasteiger partial charge is 0.377 e. The standard InChI is InChI=1S/C9H10ClN3O/c10-8-2-9(12-5-11-8)13-6-1-7(13)4-14-3-6/h2,5-7H,1,3-4H2. The zero-order valence-electron chi connectivity index (χ0n) is 7.56. The Morgan fingerprint density at radius 1 is 1.36 bits per heavy atom. The van der Waals surface area contributed by atoms with E-state index in [4.69, 9.17) is 16.3 Å². The molecule has 5 heteroatoms. The number of fused-ring (bicyclic) bond motifs is 2. The minimum Gasteiger partial charge on any atom is -0.377 e. The second-order valence-corrected chi connectivity index (χ2v) is 4.07. The summed E-state index contributed by atoms with van der Waals surface area (Å²) in [7, 11) is 0. The molecule has 0 radical (unpaired) electrons. The van der Waals surface area contributed by atoms with E-state index in [2.05, 4.69) is 14.9 Å².